The Hall–Kier alpha value is -0.550. The summed E-state index contributed by atoms with van der Waals surface area (Å²) in [6.07, 6.45) is 10.9. The first kappa shape index (κ1) is 15.0. The van der Waals surface area contributed by atoms with E-state index in [2.05, 4.69) is 19.9 Å². The first-order valence-electron chi connectivity index (χ1n) is 9.56. The Bertz CT molecular complexity index is 496. The maximum atomic E-state index is 10.1. The van der Waals surface area contributed by atoms with E-state index in [4.69, 9.17) is 0 Å². The summed E-state index contributed by atoms with van der Waals surface area (Å²) >= 11 is 0. The molecule has 8 atom stereocenters. The topological polar surface area (TPSA) is 44.0 Å². The molecule has 4 aliphatic rings. The van der Waals surface area contributed by atoms with Gasteiger partial charge in [-0.25, -0.2) is 0 Å². The largest absolute Gasteiger partial charge is 0.393 e. The molecule has 0 radical (unpaired) electrons. The summed E-state index contributed by atoms with van der Waals surface area (Å²) in [6, 6.07) is 2.64. The molecule has 0 aliphatic heterocycles. The maximum Gasteiger partial charge on any atom is 0.0661 e. The highest BCUT2D eigenvalue weighted by Gasteiger charge is 2.60. The lowest BCUT2D eigenvalue weighted by atomic mass is 9.45. The molecule has 0 aromatic carbocycles. The Morgan fingerprint density at radius 1 is 0.909 bits per heavy atom. The Kier molecular flexibility index (Phi) is 3.39. The van der Waals surface area contributed by atoms with Crippen LogP contribution in [0.2, 0.25) is 0 Å². The zero-order valence-corrected chi connectivity index (χ0v) is 14.2. The minimum atomic E-state index is -0.0436. The van der Waals surface area contributed by atoms with E-state index in [0.717, 1.165) is 42.9 Å². The molecular weight excluding hydrogens is 270 g/mol. The van der Waals surface area contributed by atoms with E-state index in [1.54, 1.807) is 0 Å². The Labute approximate surface area is 135 Å². The van der Waals surface area contributed by atoms with E-state index < -0.39 is 0 Å². The molecule has 0 aromatic rings. The molecule has 2 nitrogen and oxygen atoms in total. The van der Waals surface area contributed by atoms with Gasteiger partial charge in [0.05, 0.1) is 18.1 Å². The number of nitriles is 1. The van der Waals surface area contributed by atoms with Gasteiger partial charge < -0.3 is 5.11 Å². The Balaban J connectivity index is 1.62. The van der Waals surface area contributed by atoms with Gasteiger partial charge in [-0.1, -0.05) is 13.8 Å². The van der Waals surface area contributed by atoms with Gasteiger partial charge in [-0.3, -0.25) is 0 Å². The van der Waals surface area contributed by atoms with Crippen molar-refractivity contribution in [3.05, 3.63) is 0 Å². The van der Waals surface area contributed by atoms with Gasteiger partial charge in [-0.2, -0.15) is 5.26 Å². The van der Waals surface area contributed by atoms with E-state index in [-0.39, 0.29) is 6.10 Å². The fraction of sp³-hybridized carbons (Fsp3) is 0.950. The molecule has 4 rings (SSSR count). The second-order valence-corrected chi connectivity index (χ2v) is 9.39. The first-order valence-corrected chi connectivity index (χ1v) is 9.56. The summed E-state index contributed by atoms with van der Waals surface area (Å²) in [6.45, 7) is 4.97. The number of hydrogen-bond acceptors (Lipinski definition) is 2. The third kappa shape index (κ3) is 1.87. The van der Waals surface area contributed by atoms with Gasteiger partial charge in [0.25, 0.3) is 0 Å². The molecule has 4 fully saturated rings. The van der Waals surface area contributed by atoms with Crippen LogP contribution in [0.15, 0.2) is 0 Å². The molecule has 0 bridgehead atoms. The fourth-order valence-corrected chi connectivity index (χ4v) is 7.45. The molecular formula is C20H31NO. The molecule has 4 saturated carbocycles. The number of fused-ring (bicyclic) bond motifs is 5. The molecule has 0 amide bonds. The van der Waals surface area contributed by atoms with Gasteiger partial charge in [0.1, 0.15) is 0 Å². The minimum Gasteiger partial charge on any atom is -0.393 e. The van der Waals surface area contributed by atoms with Gasteiger partial charge >= 0.3 is 0 Å². The SMILES string of the molecule is C[C@@]12CC[C@@H]3[C@H](CC[C@H]4C[C@@H](O)CC[C@]43C)[C@H]1CC[C@H]2C#N. The van der Waals surface area contributed by atoms with Crippen LogP contribution in [0.1, 0.15) is 71.6 Å². The average Bonchev–Trinajstić information content (AvgIpc) is 2.84. The van der Waals surface area contributed by atoms with Crippen LogP contribution in [-0.2, 0) is 0 Å². The zero-order valence-electron chi connectivity index (χ0n) is 14.2. The molecule has 0 heterocycles. The minimum absolute atomic E-state index is 0.0436. The molecule has 1 N–H and O–H groups in total. The number of rotatable bonds is 0. The van der Waals surface area contributed by atoms with E-state index in [1.807, 2.05) is 0 Å². The number of nitrogens with zero attached hydrogens (tertiary/aromatic N) is 1. The molecule has 122 valence electrons. The number of aliphatic hydroxyl groups excluding tert-OH is 1. The third-order valence-corrected chi connectivity index (χ3v) is 8.79. The van der Waals surface area contributed by atoms with Crippen LogP contribution in [0.25, 0.3) is 0 Å². The highest BCUT2D eigenvalue weighted by atomic mass is 16.3. The lowest BCUT2D eigenvalue weighted by molar-refractivity contribution is -0.124. The molecule has 0 saturated heterocycles. The van der Waals surface area contributed by atoms with E-state index in [0.29, 0.717) is 16.7 Å². The fourth-order valence-electron chi connectivity index (χ4n) is 7.45. The molecule has 2 heteroatoms. The summed E-state index contributed by atoms with van der Waals surface area (Å²) in [4.78, 5) is 0. The second-order valence-electron chi connectivity index (χ2n) is 9.39. The van der Waals surface area contributed by atoms with Gasteiger partial charge in [0, 0.05) is 0 Å². The summed E-state index contributed by atoms with van der Waals surface area (Å²) in [5, 5.41) is 19.6. The summed E-state index contributed by atoms with van der Waals surface area (Å²) in [7, 11) is 0. The highest BCUT2D eigenvalue weighted by molar-refractivity contribution is 5.12. The van der Waals surface area contributed by atoms with Crippen LogP contribution in [0, 0.1) is 51.8 Å². The van der Waals surface area contributed by atoms with Crippen molar-refractivity contribution in [3.63, 3.8) is 0 Å². The highest BCUT2D eigenvalue weighted by Crippen LogP contribution is 2.67. The third-order valence-electron chi connectivity index (χ3n) is 8.79. The summed E-state index contributed by atoms with van der Waals surface area (Å²) < 4.78 is 0. The van der Waals surface area contributed by atoms with E-state index >= 15 is 0 Å². The quantitative estimate of drug-likeness (QED) is 0.714. The van der Waals surface area contributed by atoms with E-state index in [9.17, 15) is 10.4 Å². The van der Waals surface area contributed by atoms with Crippen molar-refractivity contribution in [3.8, 4) is 6.07 Å². The van der Waals surface area contributed by atoms with Crippen molar-refractivity contribution in [2.24, 2.45) is 40.4 Å². The first-order chi connectivity index (χ1) is 10.5. The van der Waals surface area contributed by atoms with Crippen molar-refractivity contribution in [1.82, 2.24) is 0 Å². The smallest absolute Gasteiger partial charge is 0.0661 e. The average molecular weight is 301 g/mol. The lowest BCUT2D eigenvalue weighted by Gasteiger charge is -2.60. The molecule has 22 heavy (non-hydrogen) atoms. The van der Waals surface area contributed by atoms with Crippen molar-refractivity contribution in [2.45, 2.75) is 77.7 Å². The zero-order chi connectivity index (χ0) is 15.5. The summed E-state index contributed by atoms with van der Waals surface area (Å²) in [5.41, 5.74) is 0.765. The molecule has 0 spiro atoms. The standard InChI is InChI=1S/C20H31NO/c1-19-9-7-15(22)11-13(19)3-5-16-17-6-4-14(12-21)20(17,2)10-8-18(16)19/h13-18,22H,3-11H2,1-2H3/t13-,14-,15-,16+,17+,18+,19+,20-/m0/s1. The normalized spacial score (nSPS) is 57.4. The van der Waals surface area contributed by atoms with Crippen molar-refractivity contribution in [1.29, 1.82) is 5.26 Å². The van der Waals surface area contributed by atoms with Crippen LogP contribution >= 0.6 is 0 Å². The van der Waals surface area contributed by atoms with Crippen molar-refractivity contribution < 1.29 is 5.11 Å². The van der Waals surface area contributed by atoms with Crippen molar-refractivity contribution >= 4 is 0 Å². The van der Waals surface area contributed by atoms with Gasteiger partial charge in [-0.15, -0.1) is 0 Å². The molecule has 0 unspecified atom stereocenters. The van der Waals surface area contributed by atoms with Crippen LogP contribution < -0.4 is 0 Å². The van der Waals surface area contributed by atoms with Gasteiger partial charge in [0.2, 0.25) is 0 Å². The second kappa shape index (κ2) is 4.97. The lowest BCUT2D eigenvalue weighted by Crippen LogP contribution is -2.53. The Morgan fingerprint density at radius 2 is 1.64 bits per heavy atom. The van der Waals surface area contributed by atoms with E-state index in [1.165, 1.54) is 38.5 Å². The van der Waals surface area contributed by atoms with Crippen LogP contribution in [0.5, 0.6) is 0 Å². The molecule has 4 aliphatic carbocycles. The predicted molar refractivity (Wildman–Crippen MR) is 86.8 cm³/mol. The van der Waals surface area contributed by atoms with Crippen LogP contribution in [0.4, 0.5) is 0 Å². The van der Waals surface area contributed by atoms with Crippen LogP contribution in [0.3, 0.4) is 0 Å². The number of hydrogen-bond donors (Lipinski definition) is 1. The Morgan fingerprint density at radius 3 is 2.41 bits per heavy atom. The van der Waals surface area contributed by atoms with Gasteiger partial charge in [-0.05, 0) is 92.3 Å². The molecule has 0 aromatic heterocycles. The number of aliphatic hydroxyl groups is 1. The van der Waals surface area contributed by atoms with Crippen LogP contribution in [-0.4, -0.2) is 11.2 Å². The maximum absolute atomic E-state index is 10.1. The predicted octanol–water partition coefficient (Wildman–Crippen LogP) is 4.53. The van der Waals surface area contributed by atoms with Gasteiger partial charge in [0.15, 0.2) is 0 Å². The van der Waals surface area contributed by atoms with Crippen molar-refractivity contribution in [2.75, 3.05) is 0 Å². The summed E-state index contributed by atoms with van der Waals surface area (Å²) in [5.74, 6) is 3.55. The monoisotopic (exact) mass is 301 g/mol.